The first kappa shape index (κ1) is 20.7. The summed E-state index contributed by atoms with van der Waals surface area (Å²) in [5, 5.41) is 6.43. The van der Waals surface area contributed by atoms with Gasteiger partial charge in [-0.3, -0.25) is 5.01 Å². The molecule has 1 aromatic heterocycles. The van der Waals surface area contributed by atoms with Crippen molar-refractivity contribution in [2.45, 2.75) is 52.9 Å². The first-order chi connectivity index (χ1) is 13.1. The summed E-state index contributed by atoms with van der Waals surface area (Å²) in [5.74, 6) is 0.725. The van der Waals surface area contributed by atoms with Gasteiger partial charge in [0, 0.05) is 24.4 Å². The number of nitrogens with zero attached hydrogens (tertiary/aromatic N) is 4. The highest BCUT2D eigenvalue weighted by molar-refractivity contribution is 6.08. The minimum absolute atomic E-state index is 0.141. The highest BCUT2D eigenvalue weighted by Gasteiger charge is 2.14. The number of aromatic nitrogens is 2. The molecular formula is C22H29FN4. The van der Waals surface area contributed by atoms with Crippen LogP contribution in [-0.4, -0.2) is 27.2 Å². The molecule has 144 valence electrons. The standard InChI is InChI=1S/C22H29FN4/c1-5-8-9-10-22-24-14-19(15-25-22)21-12-11-17(4)27(26-21)16-18(6-2)13-20(23)7-3/h6,11-15H,4-5,7-10,16H2,1-3H3/b18-6+,20-13+. The Morgan fingerprint density at radius 1 is 1.19 bits per heavy atom. The molecule has 5 heteroatoms. The maximum absolute atomic E-state index is 13.6. The number of hydrazone groups is 1. The minimum atomic E-state index is -0.141. The second-order valence-corrected chi connectivity index (χ2v) is 6.52. The number of halogens is 1. The van der Waals surface area contributed by atoms with Crippen LogP contribution < -0.4 is 0 Å². The summed E-state index contributed by atoms with van der Waals surface area (Å²) >= 11 is 0. The van der Waals surface area contributed by atoms with E-state index in [1.807, 2.05) is 37.5 Å². The first-order valence-electron chi connectivity index (χ1n) is 9.63. The molecule has 4 nitrogen and oxygen atoms in total. The fourth-order valence-electron chi connectivity index (χ4n) is 2.63. The van der Waals surface area contributed by atoms with Crippen LogP contribution in [-0.2, 0) is 6.42 Å². The topological polar surface area (TPSA) is 41.4 Å². The fraction of sp³-hybridized carbons (Fsp3) is 0.409. The number of hydrogen-bond acceptors (Lipinski definition) is 4. The molecule has 2 rings (SSSR count). The molecule has 0 amide bonds. The van der Waals surface area contributed by atoms with E-state index in [1.165, 1.54) is 12.8 Å². The zero-order valence-corrected chi connectivity index (χ0v) is 16.6. The van der Waals surface area contributed by atoms with Crippen molar-refractivity contribution in [2.75, 3.05) is 6.54 Å². The lowest BCUT2D eigenvalue weighted by molar-refractivity contribution is 0.409. The summed E-state index contributed by atoms with van der Waals surface area (Å²) in [4.78, 5) is 8.92. The Kier molecular flexibility index (Phi) is 8.11. The smallest absolute Gasteiger partial charge is 0.128 e. The van der Waals surface area contributed by atoms with Crippen molar-refractivity contribution in [1.82, 2.24) is 15.0 Å². The van der Waals surface area contributed by atoms with Gasteiger partial charge in [0.05, 0.1) is 23.8 Å². The maximum atomic E-state index is 13.6. The number of hydrogen-bond donors (Lipinski definition) is 0. The molecule has 0 saturated heterocycles. The van der Waals surface area contributed by atoms with E-state index < -0.39 is 0 Å². The van der Waals surface area contributed by atoms with E-state index in [4.69, 9.17) is 0 Å². The fourth-order valence-corrected chi connectivity index (χ4v) is 2.63. The van der Waals surface area contributed by atoms with Gasteiger partial charge in [-0.25, -0.2) is 14.4 Å². The Hall–Kier alpha value is -2.56. The van der Waals surface area contributed by atoms with E-state index in [0.29, 0.717) is 13.0 Å². The Balaban J connectivity index is 2.12. The van der Waals surface area contributed by atoms with Crippen molar-refractivity contribution in [3.05, 3.63) is 71.8 Å². The summed E-state index contributed by atoms with van der Waals surface area (Å²) < 4.78 is 13.6. The van der Waals surface area contributed by atoms with E-state index in [1.54, 1.807) is 18.0 Å². The average molecular weight is 369 g/mol. The van der Waals surface area contributed by atoms with Gasteiger partial charge in [-0.05, 0) is 43.6 Å². The zero-order chi connectivity index (χ0) is 19.6. The van der Waals surface area contributed by atoms with Crippen LogP contribution in [0.1, 0.15) is 57.8 Å². The molecule has 27 heavy (non-hydrogen) atoms. The third-order valence-electron chi connectivity index (χ3n) is 4.38. The van der Waals surface area contributed by atoms with Gasteiger partial charge in [-0.1, -0.05) is 39.3 Å². The van der Waals surface area contributed by atoms with Crippen LogP contribution in [0.3, 0.4) is 0 Å². The largest absolute Gasteiger partial charge is 0.261 e. The molecular weight excluding hydrogens is 339 g/mol. The molecule has 0 aromatic carbocycles. The Bertz CT molecular complexity index is 757. The molecule has 0 bridgehead atoms. The van der Waals surface area contributed by atoms with Crippen LogP contribution >= 0.6 is 0 Å². The molecule has 0 unspecified atom stereocenters. The van der Waals surface area contributed by atoms with Crippen molar-refractivity contribution in [2.24, 2.45) is 5.10 Å². The average Bonchev–Trinajstić information content (AvgIpc) is 2.69. The summed E-state index contributed by atoms with van der Waals surface area (Å²) in [5.41, 5.74) is 3.26. The quantitative estimate of drug-likeness (QED) is 0.426. The van der Waals surface area contributed by atoms with E-state index in [2.05, 4.69) is 28.6 Å². The third-order valence-corrected chi connectivity index (χ3v) is 4.38. The molecule has 0 N–H and O–H groups in total. The van der Waals surface area contributed by atoms with Crippen LogP contribution in [0, 0.1) is 0 Å². The molecule has 0 aliphatic carbocycles. The van der Waals surface area contributed by atoms with Crippen molar-refractivity contribution < 1.29 is 4.39 Å². The van der Waals surface area contributed by atoms with Crippen LogP contribution in [0.2, 0.25) is 0 Å². The molecule has 1 aromatic rings. The second-order valence-electron chi connectivity index (χ2n) is 6.52. The SMILES string of the molecule is C=C1C=CC(c2cnc(CCCCC)nc2)=NN1CC(/C=C(/F)CC)=C/C. The van der Waals surface area contributed by atoms with Gasteiger partial charge >= 0.3 is 0 Å². The molecule has 0 fully saturated rings. The van der Waals surface area contributed by atoms with Gasteiger partial charge in [0.25, 0.3) is 0 Å². The van der Waals surface area contributed by atoms with Gasteiger partial charge in [0.15, 0.2) is 0 Å². The maximum Gasteiger partial charge on any atom is 0.128 e. The van der Waals surface area contributed by atoms with Gasteiger partial charge in [-0.15, -0.1) is 0 Å². The van der Waals surface area contributed by atoms with E-state index in [0.717, 1.165) is 41.2 Å². The summed E-state index contributed by atoms with van der Waals surface area (Å²) in [6, 6.07) is 0. The Morgan fingerprint density at radius 2 is 1.93 bits per heavy atom. The van der Waals surface area contributed by atoms with Gasteiger partial charge < -0.3 is 0 Å². The molecule has 0 spiro atoms. The normalized spacial score (nSPS) is 15.3. The summed E-state index contributed by atoms with van der Waals surface area (Å²) in [6.45, 7) is 10.4. The minimum Gasteiger partial charge on any atom is -0.261 e. The van der Waals surface area contributed by atoms with Crippen molar-refractivity contribution in [3.63, 3.8) is 0 Å². The molecule has 0 saturated carbocycles. The highest BCUT2D eigenvalue weighted by atomic mass is 19.1. The summed E-state index contributed by atoms with van der Waals surface area (Å²) in [7, 11) is 0. The monoisotopic (exact) mass is 368 g/mol. The Morgan fingerprint density at radius 3 is 2.56 bits per heavy atom. The van der Waals surface area contributed by atoms with Crippen LogP contribution in [0.4, 0.5) is 4.39 Å². The van der Waals surface area contributed by atoms with E-state index in [-0.39, 0.29) is 5.83 Å². The van der Waals surface area contributed by atoms with E-state index >= 15 is 0 Å². The van der Waals surface area contributed by atoms with Crippen LogP contribution in [0.15, 0.2) is 65.5 Å². The highest BCUT2D eigenvalue weighted by Crippen LogP contribution is 2.18. The van der Waals surface area contributed by atoms with Crippen molar-refractivity contribution in [3.8, 4) is 0 Å². The second kappa shape index (κ2) is 10.6. The van der Waals surface area contributed by atoms with Crippen LogP contribution in [0.25, 0.3) is 0 Å². The molecule has 0 radical (unpaired) electrons. The lowest BCUT2D eigenvalue weighted by Gasteiger charge is -2.24. The predicted molar refractivity (Wildman–Crippen MR) is 110 cm³/mol. The lowest BCUT2D eigenvalue weighted by atomic mass is 10.1. The molecule has 0 atom stereocenters. The number of aryl methyl sites for hydroxylation is 1. The number of unbranched alkanes of at least 4 members (excludes halogenated alkanes) is 2. The molecule has 1 aliphatic rings. The van der Waals surface area contributed by atoms with E-state index in [9.17, 15) is 4.39 Å². The Labute approximate surface area is 161 Å². The summed E-state index contributed by atoms with van der Waals surface area (Å²) in [6.07, 6.45) is 15.7. The molecule has 2 heterocycles. The number of allylic oxidation sites excluding steroid dienone is 4. The van der Waals surface area contributed by atoms with Crippen molar-refractivity contribution in [1.29, 1.82) is 0 Å². The zero-order valence-electron chi connectivity index (χ0n) is 16.6. The van der Waals surface area contributed by atoms with Gasteiger partial charge in [0.1, 0.15) is 5.82 Å². The van der Waals surface area contributed by atoms with Gasteiger partial charge in [0.2, 0.25) is 0 Å². The molecule has 1 aliphatic heterocycles. The first-order valence-corrected chi connectivity index (χ1v) is 9.63. The number of rotatable bonds is 9. The van der Waals surface area contributed by atoms with Gasteiger partial charge in [-0.2, -0.15) is 5.10 Å². The third kappa shape index (κ3) is 6.27. The predicted octanol–water partition coefficient (Wildman–Crippen LogP) is 5.51. The lowest BCUT2D eigenvalue weighted by Crippen LogP contribution is -2.23. The van der Waals surface area contributed by atoms with Crippen LogP contribution in [0.5, 0.6) is 0 Å². The van der Waals surface area contributed by atoms with Crippen molar-refractivity contribution >= 4 is 5.71 Å².